The van der Waals surface area contributed by atoms with Crippen molar-refractivity contribution in [3.05, 3.63) is 29.3 Å². The highest BCUT2D eigenvalue weighted by Gasteiger charge is 2.62. The van der Waals surface area contributed by atoms with E-state index < -0.39 is 23.7 Å². The van der Waals surface area contributed by atoms with Crippen molar-refractivity contribution in [2.24, 2.45) is 17.3 Å². The van der Waals surface area contributed by atoms with Crippen LogP contribution in [0.25, 0.3) is 0 Å². The summed E-state index contributed by atoms with van der Waals surface area (Å²) in [6.07, 6.45) is 0.894. The van der Waals surface area contributed by atoms with Crippen molar-refractivity contribution in [2.75, 3.05) is 0 Å². The van der Waals surface area contributed by atoms with Crippen LogP contribution in [-0.2, 0) is 6.42 Å². The molecule has 1 aromatic carbocycles. The van der Waals surface area contributed by atoms with Gasteiger partial charge in [0.2, 0.25) is 0 Å². The molecule has 0 aliphatic heterocycles. The van der Waals surface area contributed by atoms with Gasteiger partial charge in [0, 0.05) is 5.41 Å². The van der Waals surface area contributed by atoms with E-state index in [9.17, 15) is 20.4 Å². The van der Waals surface area contributed by atoms with Gasteiger partial charge < -0.3 is 20.4 Å². The number of fused-ring (bicyclic) bond motifs is 5. The van der Waals surface area contributed by atoms with E-state index in [2.05, 4.69) is 0 Å². The van der Waals surface area contributed by atoms with Crippen molar-refractivity contribution in [1.82, 2.24) is 0 Å². The highest BCUT2D eigenvalue weighted by molar-refractivity contribution is 5.40. The predicted octanol–water partition coefficient (Wildman–Crippen LogP) is 1.55. The van der Waals surface area contributed by atoms with Crippen molar-refractivity contribution >= 4 is 0 Å². The lowest BCUT2D eigenvalue weighted by atomic mass is 9.55. The molecule has 0 unspecified atom stereocenters. The maximum Gasteiger partial charge on any atom is 0.115 e. The summed E-state index contributed by atoms with van der Waals surface area (Å²) < 4.78 is 0. The molecule has 2 saturated carbocycles. The van der Waals surface area contributed by atoms with E-state index in [4.69, 9.17) is 0 Å². The number of hydrogen-bond donors (Lipinski definition) is 4. The van der Waals surface area contributed by atoms with Crippen molar-refractivity contribution < 1.29 is 20.4 Å². The van der Waals surface area contributed by atoms with Gasteiger partial charge >= 0.3 is 0 Å². The third kappa shape index (κ3) is 1.75. The van der Waals surface area contributed by atoms with Crippen LogP contribution < -0.4 is 0 Å². The van der Waals surface area contributed by atoms with E-state index in [-0.39, 0.29) is 11.8 Å². The highest BCUT2D eigenvalue weighted by atomic mass is 16.4. The van der Waals surface area contributed by atoms with E-state index in [0.717, 1.165) is 25.7 Å². The fraction of sp³-hybridized carbons (Fsp3) is 0.667. The van der Waals surface area contributed by atoms with Gasteiger partial charge in [-0.05, 0) is 66.7 Å². The number of benzene rings is 1. The molecule has 0 heterocycles. The number of phenolic OH excluding ortho intramolecular Hbond substituents is 1. The Bertz CT molecular complexity index is 601. The van der Waals surface area contributed by atoms with E-state index in [1.807, 2.05) is 19.1 Å². The lowest BCUT2D eigenvalue weighted by Gasteiger charge is -2.50. The van der Waals surface area contributed by atoms with Gasteiger partial charge in [-0.15, -0.1) is 0 Å². The van der Waals surface area contributed by atoms with E-state index in [1.165, 1.54) is 11.1 Å². The van der Waals surface area contributed by atoms with Crippen LogP contribution in [0.15, 0.2) is 18.2 Å². The molecule has 4 rings (SSSR count). The van der Waals surface area contributed by atoms with Crippen molar-refractivity contribution in [3.63, 3.8) is 0 Å². The summed E-state index contributed by atoms with van der Waals surface area (Å²) in [5, 5.41) is 40.7. The quantitative estimate of drug-likeness (QED) is 0.586. The Hall–Kier alpha value is -1.10. The number of aromatic hydroxyl groups is 1. The number of aryl methyl sites for hydroxylation is 1. The second-order valence-electron chi connectivity index (χ2n) is 7.69. The van der Waals surface area contributed by atoms with Gasteiger partial charge in [-0.25, -0.2) is 0 Å². The zero-order valence-electron chi connectivity index (χ0n) is 12.8. The van der Waals surface area contributed by atoms with Crippen LogP contribution in [0.1, 0.15) is 43.2 Å². The number of phenols is 1. The van der Waals surface area contributed by atoms with Crippen molar-refractivity contribution in [1.29, 1.82) is 0 Å². The summed E-state index contributed by atoms with van der Waals surface area (Å²) in [7, 11) is 0. The molecule has 3 aliphatic rings. The number of rotatable bonds is 0. The Balaban J connectivity index is 1.74. The fourth-order valence-corrected chi connectivity index (χ4v) is 5.62. The second-order valence-corrected chi connectivity index (χ2v) is 7.69. The first-order valence-corrected chi connectivity index (χ1v) is 8.29. The molecule has 0 spiro atoms. The summed E-state index contributed by atoms with van der Waals surface area (Å²) in [4.78, 5) is 0. The van der Waals surface area contributed by atoms with Crippen LogP contribution in [0, 0.1) is 17.3 Å². The van der Waals surface area contributed by atoms with Gasteiger partial charge in [-0.2, -0.15) is 0 Å². The molecular weight excluding hydrogens is 280 g/mol. The van der Waals surface area contributed by atoms with Gasteiger partial charge in [0.1, 0.15) is 11.9 Å². The van der Waals surface area contributed by atoms with E-state index >= 15 is 0 Å². The summed E-state index contributed by atoms with van der Waals surface area (Å²) in [6.45, 7) is 2.02. The van der Waals surface area contributed by atoms with Gasteiger partial charge in [0.15, 0.2) is 0 Å². The third-order valence-corrected chi connectivity index (χ3v) is 6.72. The van der Waals surface area contributed by atoms with E-state index in [1.54, 1.807) is 6.07 Å². The molecule has 120 valence electrons. The van der Waals surface area contributed by atoms with Crippen molar-refractivity contribution in [2.45, 2.75) is 56.8 Å². The molecule has 22 heavy (non-hydrogen) atoms. The number of hydrogen-bond acceptors (Lipinski definition) is 4. The average molecular weight is 304 g/mol. The Kier molecular flexibility index (Phi) is 3.09. The van der Waals surface area contributed by atoms with Gasteiger partial charge in [0.25, 0.3) is 0 Å². The SMILES string of the molecule is C[C@]12CC[C@@H]3c4ccc(O)cc4CC[C@H]3[C@@H]1[C@H](O)[C@H](O)[C@@H]2O. The molecule has 1 aromatic rings. The minimum atomic E-state index is -1.03. The average Bonchev–Trinajstić information content (AvgIpc) is 2.68. The molecular formula is C18H24O4. The first kappa shape index (κ1) is 14.5. The van der Waals surface area contributed by atoms with Crippen LogP contribution >= 0.6 is 0 Å². The zero-order chi connectivity index (χ0) is 15.6. The largest absolute Gasteiger partial charge is 0.508 e. The molecule has 3 aliphatic carbocycles. The highest BCUT2D eigenvalue weighted by Crippen LogP contribution is 2.60. The van der Waals surface area contributed by atoms with Crippen LogP contribution in [0.5, 0.6) is 5.75 Å². The van der Waals surface area contributed by atoms with Gasteiger partial charge in [-0.1, -0.05) is 13.0 Å². The molecule has 0 amide bonds. The fourth-order valence-electron chi connectivity index (χ4n) is 5.62. The normalized spacial score (nSPS) is 46.7. The van der Waals surface area contributed by atoms with Crippen LogP contribution in [0.3, 0.4) is 0 Å². The third-order valence-electron chi connectivity index (χ3n) is 6.72. The maximum atomic E-state index is 10.5. The molecule has 4 heteroatoms. The van der Waals surface area contributed by atoms with Gasteiger partial charge in [0.05, 0.1) is 12.2 Å². The minimum absolute atomic E-state index is 0.0572. The molecule has 0 aromatic heterocycles. The second kappa shape index (κ2) is 4.70. The van der Waals surface area contributed by atoms with E-state index in [0.29, 0.717) is 11.7 Å². The van der Waals surface area contributed by atoms with Gasteiger partial charge in [-0.3, -0.25) is 0 Å². The summed E-state index contributed by atoms with van der Waals surface area (Å²) in [5.74, 6) is 0.898. The predicted molar refractivity (Wildman–Crippen MR) is 81.5 cm³/mol. The number of aliphatic hydroxyl groups excluding tert-OH is 3. The first-order valence-electron chi connectivity index (χ1n) is 8.29. The monoisotopic (exact) mass is 304 g/mol. The first-order chi connectivity index (χ1) is 10.4. The Morgan fingerprint density at radius 1 is 1.09 bits per heavy atom. The molecule has 4 nitrogen and oxygen atoms in total. The van der Waals surface area contributed by atoms with Crippen molar-refractivity contribution in [3.8, 4) is 5.75 Å². The Labute approximate surface area is 130 Å². The molecule has 0 radical (unpaired) electrons. The summed E-state index contributed by atoms with van der Waals surface area (Å²) in [5.41, 5.74) is 2.09. The molecule has 0 bridgehead atoms. The maximum absolute atomic E-state index is 10.5. The topological polar surface area (TPSA) is 80.9 Å². The summed E-state index contributed by atoms with van der Waals surface area (Å²) >= 11 is 0. The molecule has 4 N–H and O–H groups in total. The summed E-state index contributed by atoms with van der Waals surface area (Å²) in [6, 6.07) is 5.61. The smallest absolute Gasteiger partial charge is 0.115 e. The Morgan fingerprint density at radius 3 is 2.64 bits per heavy atom. The zero-order valence-corrected chi connectivity index (χ0v) is 12.8. The lowest BCUT2D eigenvalue weighted by Crippen LogP contribution is -2.46. The van der Waals surface area contributed by atoms with Crippen LogP contribution in [0.4, 0.5) is 0 Å². The molecule has 2 fully saturated rings. The lowest BCUT2D eigenvalue weighted by molar-refractivity contribution is -0.0505. The standard InChI is InChI=1S/C18H24O4/c1-18-7-6-12-11-5-3-10(19)8-9(11)2-4-13(12)14(18)15(20)16(21)17(18)22/h3,5,8,12-17,19-22H,2,4,6-7H2,1H3/t12-,13-,14-,15+,16+,17+,18+/m1/s1. The van der Waals surface area contributed by atoms with Crippen LogP contribution in [0.2, 0.25) is 0 Å². The van der Waals surface area contributed by atoms with Crippen LogP contribution in [-0.4, -0.2) is 38.7 Å². The minimum Gasteiger partial charge on any atom is -0.508 e. The molecule has 0 saturated heterocycles. The molecule has 7 atom stereocenters. The Morgan fingerprint density at radius 2 is 1.86 bits per heavy atom. The number of aliphatic hydroxyl groups is 3.